The average molecular weight is 278 g/mol. The van der Waals surface area contributed by atoms with Gasteiger partial charge in [-0.05, 0) is 43.2 Å². The van der Waals surface area contributed by atoms with Crippen LogP contribution in [-0.2, 0) is 5.41 Å². The first-order valence-electron chi connectivity index (χ1n) is 8.44. The fourth-order valence-corrected chi connectivity index (χ4v) is 5.45. The second-order valence-corrected chi connectivity index (χ2v) is 7.09. The molecule has 5 rings (SSSR count). The van der Waals surface area contributed by atoms with Gasteiger partial charge in [0.05, 0.1) is 11.1 Å². The highest BCUT2D eigenvalue weighted by molar-refractivity contribution is 6.03. The van der Waals surface area contributed by atoms with Gasteiger partial charge in [0.1, 0.15) is 0 Å². The molecule has 1 saturated heterocycles. The summed E-state index contributed by atoms with van der Waals surface area (Å²) in [6.45, 7) is 4.74. The topological polar surface area (TPSA) is 15.6 Å². The molecule has 2 heteroatoms. The second kappa shape index (κ2) is 4.07. The average Bonchev–Trinajstić information content (AvgIpc) is 3.07. The van der Waals surface area contributed by atoms with E-state index in [1.54, 1.807) is 5.57 Å². The van der Waals surface area contributed by atoms with Crippen LogP contribution in [0, 0.1) is 5.92 Å². The fourth-order valence-electron chi connectivity index (χ4n) is 5.45. The molecule has 1 saturated carbocycles. The lowest BCUT2D eigenvalue weighted by atomic mass is 9.61. The van der Waals surface area contributed by atoms with Crippen molar-refractivity contribution in [3.8, 4) is 0 Å². The van der Waals surface area contributed by atoms with Crippen molar-refractivity contribution in [2.45, 2.75) is 44.1 Å². The third-order valence-electron chi connectivity index (χ3n) is 6.28. The molecule has 1 spiro atoms. The van der Waals surface area contributed by atoms with Crippen molar-refractivity contribution in [3.05, 3.63) is 41.5 Å². The van der Waals surface area contributed by atoms with E-state index in [0.29, 0.717) is 6.04 Å². The zero-order valence-electron chi connectivity index (χ0n) is 12.7. The normalized spacial score (nSPS) is 36.6. The van der Waals surface area contributed by atoms with Gasteiger partial charge in [0.2, 0.25) is 0 Å². The van der Waals surface area contributed by atoms with E-state index in [-0.39, 0.29) is 5.41 Å². The lowest BCUT2D eigenvalue weighted by molar-refractivity contribution is 0.167. The summed E-state index contributed by atoms with van der Waals surface area (Å²) in [4.78, 5) is 7.81. The predicted molar refractivity (Wildman–Crippen MR) is 86.3 cm³/mol. The maximum atomic E-state index is 5.04. The summed E-state index contributed by atoms with van der Waals surface area (Å²) in [5, 5.41) is 0. The first-order chi connectivity index (χ1) is 10.3. The molecule has 2 fully saturated rings. The smallest absolute Gasteiger partial charge is 0.0671 e. The number of nitrogens with zero attached hydrogens (tertiary/aromatic N) is 2. The Morgan fingerprint density at radius 2 is 2.24 bits per heavy atom. The van der Waals surface area contributed by atoms with Crippen LogP contribution in [0.15, 0.2) is 40.9 Å². The van der Waals surface area contributed by atoms with E-state index in [0.717, 1.165) is 5.92 Å². The molecule has 0 bridgehead atoms. The summed E-state index contributed by atoms with van der Waals surface area (Å²) >= 11 is 0. The number of benzene rings is 1. The summed E-state index contributed by atoms with van der Waals surface area (Å²) in [6, 6.07) is 9.56. The lowest BCUT2D eigenvalue weighted by Gasteiger charge is -2.47. The number of fused-ring (bicyclic) bond motifs is 1. The van der Waals surface area contributed by atoms with Crippen molar-refractivity contribution < 1.29 is 0 Å². The summed E-state index contributed by atoms with van der Waals surface area (Å²) in [5.74, 6) is 0.737. The van der Waals surface area contributed by atoms with Crippen LogP contribution >= 0.6 is 0 Å². The minimum absolute atomic E-state index is 0.245. The number of para-hydroxylation sites is 1. The van der Waals surface area contributed by atoms with Crippen molar-refractivity contribution in [3.63, 3.8) is 0 Å². The molecule has 2 nitrogen and oxygen atoms in total. The quantitative estimate of drug-likeness (QED) is 0.713. The van der Waals surface area contributed by atoms with Crippen molar-refractivity contribution in [1.29, 1.82) is 0 Å². The molecule has 0 amide bonds. The van der Waals surface area contributed by atoms with E-state index in [4.69, 9.17) is 4.99 Å². The first kappa shape index (κ1) is 12.2. The zero-order valence-corrected chi connectivity index (χ0v) is 12.7. The monoisotopic (exact) mass is 278 g/mol. The SMILES string of the molecule is CCC1=C[C@@H]2CCC3=Nc4ccccc4[C@]34CCN(C1)[C@H]24. The Morgan fingerprint density at radius 3 is 3.14 bits per heavy atom. The minimum Gasteiger partial charge on any atom is -0.295 e. The minimum atomic E-state index is 0.245. The summed E-state index contributed by atoms with van der Waals surface area (Å²) in [7, 11) is 0. The van der Waals surface area contributed by atoms with Gasteiger partial charge in [-0.25, -0.2) is 0 Å². The summed E-state index contributed by atoms with van der Waals surface area (Å²) < 4.78 is 0. The number of hydrogen-bond donors (Lipinski definition) is 0. The molecule has 0 unspecified atom stereocenters. The van der Waals surface area contributed by atoms with Crippen LogP contribution in [0.1, 0.15) is 38.2 Å². The summed E-state index contributed by atoms with van der Waals surface area (Å²) in [5.41, 5.74) is 6.15. The van der Waals surface area contributed by atoms with Gasteiger partial charge in [0.15, 0.2) is 0 Å². The standard InChI is InChI=1S/C19H22N2/c1-2-13-11-14-7-8-17-19(9-10-21(12-13)18(14)19)15-5-3-4-6-16(15)20-17/h3-6,11,14,18H,2,7-10,12H2,1H3/t14-,18+,19+/m0/s1. The number of rotatable bonds is 1. The Labute approximate surface area is 126 Å². The van der Waals surface area contributed by atoms with Crippen molar-refractivity contribution in [1.82, 2.24) is 4.90 Å². The van der Waals surface area contributed by atoms with Gasteiger partial charge in [-0.3, -0.25) is 9.89 Å². The third kappa shape index (κ3) is 1.39. The van der Waals surface area contributed by atoms with Gasteiger partial charge in [-0.15, -0.1) is 0 Å². The Hall–Kier alpha value is -1.41. The molecule has 3 aliphatic heterocycles. The Bertz CT molecular complexity index is 672. The van der Waals surface area contributed by atoms with Crippen LogP contribution in [0.2, 0.25) is 0 Å². The number of aliphatic imine (C=N–C) groups is 1. The molecule has 1 aromatic carbocycles. The fraction of sp³-hybridized carbons (Fsp3) is 0.526. The Kier molecular flexibility index (Phi) is 2.36. The van der Waals surface area contributed by atoms with Gasteiger partial charge >= 0.3 is 0 Å². The Morgan fingerprint density at radius 1 is 1.33 bits per heavy atom. The van der Waals surface area contributed by atoms with Crippen molar-refractivity contribution in [2.24, 2.45) is 10.9 Å². The second-order valence-electron chi connectivity index (χ2n) is 7.09. The first-order valence-corrected chi connectivity index (χ1v) is 8.44. The Balaban J connectivity index is 1.69. The maximum absolute atomic E-state index is 5.04. The zero-order chi connectivity index (χ0) is 14.0. The molecule has 3 atom stereocenters. The van der Waals surface area contributed by atoms with Crippen LogP contribution in [0.25, 0.3) is 0 Å². The molecule has 4 aliphatic rings. The van der Waals surface area contributed by atoms with E-state index in [1.165, 1.54) is 55.7 Å². The van der Waals surface area contributed by atoms with E-state index in [9.17, 15) is 0 Å². The maximum Gasteiger partial charge on any atom is 0.0671 e. The molecule has 0 N–H and O–H groups in total. The van der Waals surface area contributed by atoms with E-state index in [1.807, 2.05) is 0 Å². The van der Waals surface area contributed by atoms with Gasteiger partial charge in [-0.2, -0.15) is 0 Å². The molecule has 3 heterocycles. The highest BCUT2D eigenvalue weighted by Gasteiger charge is 2.59. The molecule has 0 aromatic heterocycles. The van der Waals surface area contributed by atoms with Crippen molar-refractivity contribution in [2.75, 3.05) is 13.1 Å². The molecule has 21 heavy (non-hydrogen) atoms. The van der Waals surface area contributed by atoms with Crippen molar-refractivity contribution >= 4 is 11.4 Å². The number of hydrogen-bond acceptors (Lipinski definition) is 2. The van der Waals surface area contributed by atoms with Crippen LogP contribution in [0.3, 0.4) is 0 Å². The lowest BCUT2D eigenvalue weighted by Crippen LogP contribution is -2.55. The van der Waals surface area contributed by atoms with Gasteiger partial charge in [-0.1, -0.05) is 36.8 Å². The molecular formula is C19H22N2. The highest BCUT2D eigenvalue weighted by atomic mass is 15.2. The van der Waals surface area contributed by atoms with Crippen LogP contribution < -0.4 is 0 Å². The molecular weight excluding hydrogens is 256 g/mol. The van der Waals surface area contributed by atoms with Gasteiger partial charge in [0, 0.05) is 24.8 Å². The predicted octanol–water partition coefficient (Wildman–Crippen LogP) is 3.84. The van der Waals surface area contributed by atoms with Crippen LogP contribution in [0.5, 0.6) is 0 Å². The molecule has 0 radical (unpaired) electrons. The van der Waals surface area contributed by atoms with Crippen LogP contribution in [-0.4, -0.2) is 29.7 Å². The van der Waals surface area contributed by atoms with E-state index >= 15 is 0 Å². The molecule has 1 aromatic rings. The third-order valence-corrected chi connectivity index (χ3v) is 6.28. The van der Waals surface area contributed by atoms with Gasteiger partial charge in [0.25, 0.3) is 0 Å². The highest BCUT2D eigenvalue weighted by Crippen LogP contribution is 2.56. The largest absolute Gasteiger partial charge is 0.295 e. The molecule has 108 valence electrons. The van der Waals surface area contributed by atoms with Crippen LogP contribution in [0.4, 0.5) is 5.69 Å². The van der Waals surface area contributed by atoms with E-state index < -0.39 is 0 Å². The summed E-state index contributed by atoms with van der Waals surface area (Å²) in [6.07, 6.45) is 7.58. The van der Waals surface area contributed by atoms with Gasteiger partial charge < -0.3 is 0 Å². The van der Waals surface area contributed by atoms with E-state index in [2.05, 4.69) is 42.2 Å². The molecule has 1 aliphatic carbocycles.